The van der Waals surface area contributed by atoms with Gasteiger partial charge in [-0.3, -0.25) is 0 Å². The minimum absolute atomic E-state index is 0.335. The number of hydrogen-bond acceptors (Lipinski definition) is 6. The largest absolute Gasteiger partial charge is 0.438 e. The molecule has 0 aliphatic carbocycles. The average Bonchev–Trinajstić information content (AvgIpc) is 3.09. The van der Waals surface area contributed by atoms with Crippen LogP contribution in [-0.4, -0.2) is 33.0 Å². The van der Waals surface area contributed by atoms with E-state index in [1.807, 2.05) is 13.1 Å². The lowest BCUT2D eigenvalue weighted by molar-refractivity contribution is 0.0844. The monoisotopic (exact) mass is 383 g/mol. The molecule has 28 heavy (non-hydrogen) atoms. The van der Waals surface area contributed by atoms with Gasteiger partial charge in [0.1, 0.15) is 11.6 Å². The quantitative estimate of drug-likeness (QED) is 0.728. The molecule has 0 saturated carbocycles. The lowest BCUT2D eigenvalue weighted by Crippen LogP contribution is -2.14. The molecule has 2 aromatic heterocycles. The smallest absolute Gasteiger partial charge is 0.217 e. The van der Waals surface area contributed by atoms with E-state index in [4.69, 9.17) is 15.2 Å². The van der Waals surface area contributed by atoms with Gasteiger partial charge in [0.15, 0.2) is 5.82 Å². The van der Waals surface area contributed by atoms with Gasteiger partial charge in [-0.1, -0.05) is 0 Å². The van der Waals surface area contributed by atoms with Gasteiger partial charge in [0, 0.05) is 62.8 Å². The molecule has 0 spiro atoms. The fourth-order valence-corrected chi connectivity index (χ4v) is 3.24. The van der Waals surface area contributed by atoms with Crippen LogP contribution in [0.2, 0.25) is 0 Å². The highest BCUT2D eigenvalue weighted by Crippen LogP contribution is 2.34. The van der Waals surface area contributed by atoms with Crippen LogP contribution in [0.25, 0.3) is 11.4 Å². The zero-order valence-corrected chi connectivity index (χ0v) is 15.6. The van der Waals surface area contributed by atoms with Gasteiger partial charge < -0.3 is 15.2 Å². The summed E-state index contributed by atoms with van der Waals surface area (Å²) in [5.41, 5.74) is 7.98. The summed E-state index contributed by atoms with van der Waals surface area (Å²) in [5.74, 6) is 1.26. The molecule has 0 amide bonds. The van der Waals surface area contributed by atoms with Gasteiger partial charge in [-0.25, -0.2) is 19.0 Å². The van der Waals surface area contributed by atoms with Gasteiger partial charge in [0.05, 0.1) is 11.3 Å². The van der Waals surface area contributed by atoms with Crippen LogP contribution in [0.1, 0.15) is 30.0 Å². The second-order valence-corrected chi connectivity index (χ2v) is 6.78. The molecule has 146 valence electrons. The molecule has 3 heterocycles. The van der Waals surface area contributed by atoms with E-state index in [1.54, 1.807) is 23.1 Å². The van der Waals surface area contributed by atoms with Gasteiger partial charge in [-0.2, -0.15) is 5.10 Å². The van der Waals surface area contributed by atoms with Gasteiger partial charge in [0.25, 0.3) is 0 Å². The zero-order valence-electron chi connectivity index (χ0n) is 15.6. The number of hydrogen-bond donors (Lipinski definition) is 1. The maximum atomic E-state index is 13.9. The van der Waals surface area contributed by atoms with Gasteiger partial charge in [-0.05, 0) is 25.0 Å². The van der Waals surface area contributed by atoms with E-state index in [0.717, 1.165) is 37.3 Å². The van der Waals surface area contributed by atoms with Gasteiger partial charge in [0.2, 0.25) is 5.88 Å². The highest BCUT2D eigenvalue weighted by molar-refractivity contribution is 5.64. The number of halogens is 1. The van der Waals surface area contributed by atoms with E-state index in [1.165, 1.54) is 12.1 Å². The molecule has 0 unspecified atom stereocenters. The van der Waals surface area contributed by atoms with Gasteiger partial charge in [-0.15, -0.1) is 0 Å². The molecule has 1 aliphatic rings. The van der Waals surface area contributed by atoms with Crippen molar-refractivity contribution in [2.24, 2.45) is 12.8 Å². The van der Waals surface area contributed by atoms with E-state index < -0.39 is 5.82 Å². The van der Waals surface area contributed by atoms with Crippen LogP contribution < -0.4 is 10.5 Å². The maximum Gasteiger partial charge on any atom is 0.217 e. The Balaban J connectivity index is 1.64. The highest BCUT2D eigenvalue weighted by Gasteiger charge is 2.21. The predicted octanol–water partition coefficient (Wildman–Crippen LogP) is 3.16. The second kappa shape index (κ2) is 8.04. The normalized spacial score (nSPS) is 15.0. The predicted molar refractivity (Wildman–Crippen MR) is 101 cm³/mol. The first-order chi connectivity index (χ1) is 13.6. The number of rotatable bonds is 5. The lowest BCUT2D eigenvalue weighted by atomic mass is 9.97. The molecule has 2 N–H and O–H groups in total. The van der Waals surface area contributed by atoms with Crippen molar-refractivity contribution in [3.8, 4) is 23.0 Å². The van der Waals surface area contributed by atoms with E-state index in [0.29, 0.717) is 35.5 Å². The molecule has 0 atom stereocenters. The molecular formula is C20H22FN5O2. The molecule has 1 fully saturated rings. The number of aryl methyl sites for hydroxylation is 1. The van der Waals surface area contributed by atoms with Crippen molar-refractivity contribution in [1.29, 1.82) is 0 Å². The summed E-state index contributed by atoms with van der Waals surface area (Å²) in [6.45, 7) is 1.83. The Hall–Kier alpha value is -2.84. The standard InChI is InChI=1S/C20H22FN5O2/c1-26-19(9-17(25-26)14-4-6-27-7-5-14)28-18-8-15(21)2-3-16(18)20-23-11-13(10-22)12-24-20/h2-3,8-9,11-12,14H,4-7,10,22H2,1H3. The molecule has 7 nitrogen and oxygen atoms in total. The fraction of sp³-hybridized carbons (Fsp3) is 0.350. The molecule has 0 radical (unpaired) electrons. The van der Waals surface area contributed by atoms with Crippen molar-refractivity contribution >= 4 is 0 Å². The Labute approximate surface area is 162 Å². The van der Waals surface area contributed by atoms with Crippen molar-refractivity contribution in [2.75, 3.05) is 13.2 Å². The number of benzene rings is 1. The van der Waals surface area contributed by atoms with Crippen molar-refractivity contribution in [3.05, 3.63) is 53.7 Å². The number of ether oxygens (including phenoxy) is 2. The summed E-state index contributed by atoms with van der Waals surface area (Å²) in [6, 6.07) is 6.21. The Bertz CT molecular complexity index is 952. The van der Waals surface area contributed by atoms with Crippen molar-refractivity contribution < 1.29 is 13.9 Å². The fourth-order valence-electron chi connectivity index (χ4n) is 3.24. The van der Waals surface area contributed by atoms with Crippen LogP contribution in [0.5, 0.6) is 11.6 Å². The molecule has 0 bridgehead atoms. The lowest BCUT2D eigenvalue weighted by Gasteiger charge is -2.19. The van der Waals surface area contributed by atoms with E-state index >= 15 is 0 Å². The Morgan fingerprint density at radius 3 is 2.68 bits per heavy atom. The first-order valence-electron chi connectivity index (χ1n) is 9.24. The molecular weight excluding hydrogens is 361 g/mol. The zero-order chi connectivity index (χ0) is 19.5. The molecule has 8 heteroatoms. The van der Waals surface area contributed by atoms with Crippen LogP contribution >= 0.6 is 0 Å². The minimum atomic E-state index is -0.399. The Morgan fingerprint density at radius 1 is 1.21 bits per heavy atom. The van der Waals surface area contributed by atoms with Crippen molar-refractivity contribution in [1.82, 2.24) is 19.7 Å². The third-order valence-corrected chi connectivity index (χ3v) is 4.84. The Kier molecular flexibility index (Phi) is 5.31. The number of nitrogens with zero attached hydrogens (tertiary/aromatic N) is 4. The van der Waals surface area contributed by atoms with Crippen LogP contribution in [0.15, 0.2) is 36.7 Å². The van der Waals surface area contributed by atoms with Crippen LogP contribution in [0.3, 0.4) is 0 Å². The summed E-state index contributed by atoms with van der Waals surface area (Å²) in [5, 5.41) is 4.58. The van der Waals surface area contributed by atoms with Crippen molar-refractivity contribution in [2.45, 2.75) is 25.3 Å². The summed E-state index contributed by atoms with van der Waals surface area (Å²) < 4.78 is 27.0. The van der Waals surface area contributed by atoms with Crippen LogP contribution in [-0.2, 0) is 18.3 Å². The van der Waals surface area contributed by atoms with Crippen LogP contribution in [0.4, 0.5) is 4.39 Å². The highest BCUT2D eigenvalue weighted by atomic mass is 19.1. The molecule has 1 aliphatic heterocycles. The number of nitrogens with two attached hydrogens (primary N) is 1. The van der Waals surface area contributed by atoms with Crippen molar-refractivity contribution in [3.63, 3.8) is 0 Å². The minimum Gasteiger partial charge on any atom is -0.438 e. The molecule has 1 saturated heterocycles. The second-order valence-electron chi connectivity index (χ2n) is 6.78. The molecule has 3 aromatic rings. The Morgan fingerprint density at radius 2 is 1.96 bits per heavy atom. The molecule has 1 aromatic carbocycles. The molecule has 4 rings (SSSR count). The third kappa shape index (κ3) is 3.88. The summed E-state index contributed by atoms with van der Waals surface area (Å²) >= 11 is 0. The summed E-state index contributed by atoms with van der Waals surface area (Å²) in [4.78, 5) is 8.65. The third-order valence-electron chi connectivity index (χ3n) is 4.84. The first-order valence-corrected chi connectivity index (χ1v) is 9.24. The number of aromatic nitrogens is 4. The maximum absolute atomic E-state index is 13.9. The van der Waals surface area contributed by atoms with Gasteiger partial charge >= 0.3 is 0 Å². The average molecular weight is 383 g/mol. The first kappa shape index (κ1) is 18.5. The van der Waals surface area contributed by atoms with E-state index in [-0.39, 0.29) is 0 Å². The van der Waals surface area contributed by atoms with Crippen LogP contribution in [0, 0.1) is 5.82 Å². The SMILES string of the molecule is Cn1nc(C2CCOCC2)cc1Oc1cc(F)ccc1-c1ncc(CN)cn1. The van der Waals surface area contributed by atoms with E-state index in [9.17, 15) is 4.39 Å². The summed E-state index contributed by atoms with van der Waals surface area (Å²) in [7, 11) is 1.81. The topological polar surface area (TPSA) is 88.1 Å². The van der Waals surface area contributed by atoms with E-state index in [2.05, 4.69) is 15.1 Å². The summed E-state index contributed by atoms with van der Waals surface area (Å²) in [6.07, 6.45) is 5.18.